The Morgan fingerprint density at radius 1 is 0.964 bits per heavy atom. The van der Waals surface area contributed by atoms with E-state index in [4.69, 9.17) is 4.74 Å². The summed E-state index contributed by atoms with van der Waals surface area (Å²) < 4.78 is 6.95. The molecule has 1 heterocycles. The van der Waals surface area contributed by atoms with Crippen molar-refractivity contribution in [3.63, 3.8) is 0 Å². The average Bonchev–Trinajstić information content (AvgIpc) is 3.24. The summed E-state index contributed by atoms with van der Waals surface area (Å²) >= 11 is 0. The Labute approximate surface area is 163 Å². The first-order chi connectivity index (χ1) is 13.7. The zero-order valence-electron chi connectivity index (χ0n) is 15.7. The number of hydrogen-bond acceptors (Lipinski definition) is 4. The Bertz CT molecular complexity index is 1130. The van der Waals surface area contributed by atoms with Crippen molar-refractivity contribution in [3.8, 4) is 22.7 Å². The highest BCUT2D eigenvalue weighted by molar-refractivity contribution is 6.12. The van der Waals surface area contributed by atoms with Crippen molar-refractivity contribution in [3.05, 3.63) is 95.7 Å². The number of nitrogens with zero attached hydrogens (tertiary/aromatic N) is 3. The Hall–Kier alpha value is -3.73. The lowest BCUT2D eigenvalue weighted by Crippen LogP contribution is -2.04. The maximum Gasteiger partial charge on any atom is 0.193 e. The van der Waals surface area contributed by atoms with Gasteiger partial charge in [0.2, 0.25) is 0 Å². The van der Waals surface area contributed by atoms with E-state index < -0.39 is 0 Å². The first-order valence-corrected chi connectivity index (χ1v) is 8.93. The molecular weight excluding hydrogens is 350 g/mol. The molecule has 0 aliphatic carbocycles. The SMILES string of the molecule is COc1cccc(C(=O)c2ccccc2-c2cn(-c3ccc(C)cc3)nn2)c1. The molecule has 0 fully saturated rings. The number of carbonyl (C=O) groups excluding carboxylic acids is 1. The quantitative estimate of drug-likeness (QED) is 0.487. The van der Waals surface area contributed by atoms with Gasteiger partial charge < -0.3 is 4.74 Å². The predicted molar refractivity (Wildman–Crippen MR) is 108 cm³/mol. The molecule has 1 aromatic heterocycles. The van der Waals surface area contributed by atoms with Crippen LogP contribution in [-0.2, 0) is 0 Å². The fourth-order valence-electron chi connectivity index (χ4n) is 3.04. The van der Waals surface area contributed by atoms with E-state index in [9.17, 15) is 4.79 Å². The third kappa shape index (κ3) is 3.42. The van der Waals surface area contributed by atoms with Gasteiger partial charge in [-0.05, 0) is 31.2 Å². The molecule has 28 heavy (non-hydrogen) atoms. The van der Waals surface area contributed by atoms with E-state index in [1.54, 1.807) is 23.9 Å². The number of ketones is 1. The minimum Gasteiger partial charge on any atom is -0.497 e. The van der Waals surface area contributed by atoms with E-state index in [1.807, 2.05) is 73.8 Å². The van der Waals surface area contributed by atoms with Crippen LogP contribution in [0.3, 0.4) is 0 Å². The van der Waals surface area contributed by atoms with Gasteiger partial charge in [-0.1, -0.05) is 59.3 Å². The van der Waals surface area contributed by atoms with Gasteiger partial charge >= 0.3 is 0 Å². The van der Waals surface area contributed by atoms with Gasteiger partial charge in [0.1, 0.15) is 11.4 Å². The van der Waals surface area contributed by atoms with Gasteiger partial charge in [0, 0.05) is 16.7 Å². The molecular formula is C23H19N3O2. The highest BCUT2D eigenvalue weighted by Crippen LogP contribution is 2.26. The zero-order chi connectivity index (χ0) is 19.5. The molecule has 4 aromatic rings. The van der Waals surface area contributed by atoms with E-state index in [2.05, 4.69) is 10.3 Å². The summed E-state index contributed by atoms with van der Waals surface area (Å²) in [5, 5.41) is 8.52. The molecule has 4 rings (SSSR count). The summed E-state index contributed by atoms with van der Waals surface area (Å²) in [5.41, 5.74) is 4.63. The molecule has 0 N–H and O–H groups in total. The van der Waals surface area contributed by atoms with Crippen molar-refractivity contribution >= 4 is 5.78 Å². The summed E-state index contributed by atoms with van der Waals surface area (Å²) in [5.74, 6) is 0.563. The molecule has 0 aliphatic rings. The fraction of sp³-hybridized carbons (Fsp3) is 0.0870. The highest BCUT2D eigenvalue weighted by atomic mass is 16.5. The molecule has 0 saturated heterocycles. The number of rotatable bonds is 5. The molecule has 0 aliphatic heterocycles. The molecule has 0 radical (unpaired) electrons. The topological polar surface area (TPSA) is 57.0 Å². The van der Waals surface area contributed by atoms with Crippen molar-refractivity contribution in [2.45, 2.75) is 6.92 Å². The van der Waals surface area contributed by atoms with E-state index in [0.717, 1.165) is 11.3 Å². The second-order valence-electron chi connectivity index (χ2n) is 6.49. The number of hydrogen-bond donors (Lipinski definition) is 0. The van der Waals surface area contributed by atoms with Gasteiger partial charge in [0.25, 0.3) is 0 Å². The first-order valence-electron chi connectivity index (χ1n) is 8.93. The number of aromatic nitrogens is 3. The van der Waals surface area contributed by atoms with Gasteiger partial charge in [0.05, 0.1) is 19.0 Å². The van der Waals surface area contributed by atoms with Crippen LogP contribution in [0.1, 0.15) is 21.5 Å². The maximum atomic E-state index is 13.1. The number of carbonyl (C=O) groups is 1. The summed E-state index contributed by atoms with van der Waals surface area (Å²) in [6.07, 6.45) is 1.84. The van der Waals surface area contributed by atoms with E-state index in [-0.39, 0.29) is 5.78 Å². The maximum absolute atomic E-state index is 13.1. The second kappa shape index (κ2) is 7.48. The largest absolute Gasteiger partial charge is 0.497 e. The monoisotopic (exact) mass is 369 g/mol. The number of aryl methyl sites for hydroxylation is 1. The van der Waals surface area contributed by atoms with Gasteiger partial charge in [-0.25, -0.2) is 4.68 Å². The van der Waals surface area contributed by atoms with E-state index in [0.29, 0.717) is 22.6 Å². The van der Waals surface area contributed by atoms with Gasteiger partial charge in [-0.15, -0.1) is 5.10 Å². The molecule has 0 spiro atoms. The third-order valence-electron chi connectivity index (χ3n) is 4.57. The molecule has 0 unspecified atom stereocenters. The van der Waals surface area contributed by atoms with Crippen LogP contribution in [-0.4, -0.2) is 27.9 Å². The van der Waals surface area contributed by atoms with Crippen LogP contribution < -0.4 is 4.74 Å². The van der Waals surface area contributed by atoms with Crippen LogP contribution in [0.4, 0.5) is 0 Å². The van der Waals surface area contributed by atoms with Crippen LogP contribution in [0, 0.1) is 6.92 Å². The minimum absolute atomic E-state index is 0.0839. The lowest BCUT2D eigenvalue weighted by Gasteiger charge is -2.07. The Morgan fingerprint density at radius 2 is 1.75 bits per heavy atom. The van der Waals surface area contributed by atoms with Crippen molar-refractivity contribution in [1.82, 2.24) is 15.0 Å². The lowest BCUT2D eigenvalue weighted by atomic mass is 9.97. The van der Waals surface area contributed by atoms with Crippen molar-refractivity contribution < 1.29 is 9.53 Å². The predicted octanol–water partition coefficient (Wildman–Crippen LogP) is 4.48. The molecule has 0 amide bonds. The Morgan fingerprint density at radius 3 is 2.54 bits per heavy atom. The van der Waals surface area contributed by atoms with Gasteiger partial charge in [-0.3, -0.25) is 4.79 Å². The normalized spacial score (nSPS) is 10.6. The average molecular weight is 369 g/mol. The molecule has 0 bridgehead atoms. The van der Waals surface area contributed by atoms with Crippen LogP contribution in [0.2, 0.25) is 0 Å². The van der Waals surface area contributed by atoms with Crippen molar-refractivity contribution in [1.29, 1.82) is 0 Å². The molecule has 3 aromatic carbocycles. The van der Waals surface area contributed by atoms with Crippen LogP contribution in [0.5, 0.6) is 5.75 Å². The standard InChI is InChI=1S/C23H19N3O2/c1-16-10-12-18(13-11-16)26-15-22(24-25-26)20-8-3-4-9-21(20)23(27)17-6-5-7-19(14-17)28-2/h3-15H,1-2H3. The van der Waals surface area contributed by atoms with Gasteiger partial charge in [-0.2, -0.15) is 0 Å². The first kappa shape index (κ1) is 17.7. The summed E-state index contributed by atoms with van der Waals surface area (Å²) in [6.45, 7) is 2.04. The molecule has 0 atom stereocenters. The minimum atomic E-state index is -0.0839. The van der Waals surface area contributed by atoms with Gasteiger partial charge in [0.15, 0.2) is 5.78 Å². The molecule has 0 saturated carbocycles. The van der Waals surface area contributed by atoms with Crippen molar-refractivity contribution in [2.24, 2.45) is 0 Å². The zero-order valence-corrected chi connectivity index (χ0v) is 15.7. The van der Waals surface area contributed by atoms with Crippen LogP contribution >= 0.6 is 0 Å². The second-order valence-corrected chi connectivity index (χ2v) is 6.49. The summed E-state index contributed by atoms with van der Waals surface area (Å²) in [4.78, 5) is 13.1. The van der Waals surface area contributed by atoms with E-state index >= 15 is 0 Å². The van der Waals surface area contributed by atoms with Crippen LogP contribution in [0.25, 0.3) is 16.9 Å². The summed E-state index contributed by atoms with van der Waals surface area (Å²) in [6, 6.07) is 22.6. The number of methoxy groups -OCH3 is 1. The highest BCUT2D eigenvalue weighted by Gasteiger charge is 2.17. The smallest absolute Gasteiger partial charge is 0.193 e. The number of ether oxygens (including phenoxy) is 1. The van der Waals surface area contributed by atoms with Crippen molar-refractivity contribution in [2.75, 3.05) is 7.11 Å². The molecule has 5 nitrogen and oxygen atoms in total. The summed E-state index contributed by atoms with van der Waals surface area (Å²) in [7, 11) is 1.58. The Balaban J connectivity index is 1.72. The molecule has 5 heteroatoms. The fourth-order valence-corrected chi connectivity index (χ4v) is 3.04. The number of benzene rings is 3. The Kier molecular flexibility index (Phi) is 4.72. The molecule has 138 valence electrons. The van der Waals surface area contributed by atoms with E-state index in [1.165, 1.54) is 5.56 Å². The lowest BCUT2D eigenvalue weighted by molar-refractivity contribution is 0.103. The van der Waals surface area contributed by atoms with Crippen LogP contribution in [0.15, 0.2) is 79.0 Å². The third-order valence-corrected chi connectivity index (χ3v) is 4.57.